The number of hydrogen-bond acceptors (Lipinski definition) is 15. The SMILES string of the molecule is CO[C@H]1/C=C/O[C@@]2(C)Oc3c(C)c(OC(=O)C(C)(C)C)c4c(c(O)c(N5CCN(Cc6c(C)cc(C)cc6C)CC5)c5nc(oc54)/C(C)=C\C=C\[C@H](C)C(O)C(C)[C@@H](O)[C@@H](C)[C@H](OC(C)=O)[C@@H]1C)c3C2=O. The number of phenols is 1. The van der Waals surface area contributed by atoms with Gasteiger partial charge >= 0.3 is 17.7 Å². The normalized spacial score (nSPS) is 28.5. The quantitative estimate of drug-likeness (QED) is 0.122. The van der Waals surface area contributed by atoms with Crippen LogP contribution in [0.2, 0.25) is 0 Å². The minimum Gasteiger partial charge on any atom is -0.505 e. The van der Waals surface area contributed by atoms with Crippen LogP contribution < -0.4 is 14.4 Å². The number of aliphatic hydroxyl groups is 2. The van der Waals surface area contributed by atoms with Gasteiger partial charge < -0.3 is 48.3 Å². The third-order valence-electron chi connectivity index (χ3n) is 14.8. The van der Waals surface area contributed by atoms with Crippen molar-refractivity contribution in [3.05, 3.63) is 82.0 Å². The molecule has 4 aromatic rings. The second-order valence-corrected chi connectivity index (χ2v) is 21.3. The van der Waals surface area contributed by atoms with Crippen LogP contribution in [0.3, 0.4) is 0 Å². The molecule has 4 heterocycles. The predicted octanol–water partition coefficient (Wildman–Crippen LogP) is 9.20. The van der Waals surface area contributed by atoms with Crippen molar-refractivity contribution in [3.8, 4) is 17.2 Å². The number of fused-ring (bicyclic) bond motifs is 2. The topological polar surface area (TPSA) is 191 Å². The number of aliphatic hydroxyl groups excluding tert-OH is 2. The summed E-state index contributed by atoms with van der Waals surface area (Å²) >= 11 is 0. The highest BCUT2D eigenvalue weighted by atomic mass is 16.7. The summed E-state index contributed by atoms with van der Waals surface area (Å²) in [6, 6.07) is 4.41. The number of aromatic nitrogens is 1. The largest absolute Gasteiger partial charge is 0.505 e. The summed E-state index contributed by atoms with van der Waals surface area (Å²) in [5.74, 6) is -6.04. The first-order valence-electron chi connectivity index (χ1n) is 24.7. The number of allylic oxidation sites excluding steroid dienone is 3. The Kier molecular flexibility index (Phi) is 15.3. The fourth-order valence-corrected chi connectivity index (χ4v) is 10.4. The summed E-state index contributed by atoms with van der Waals surface area (Å²) in [5, 5.41) is 36.5. The second-order valence-electron chi connectivity index (χ2n) is 21.3. The van der Waals surface area contributed by atoms with Crippen LogP contribution in [0, 0.1) is 56.8 Å². The van der Waals surface area contributed by atoms with E-state index in [0.717, 1.165) is 6.54 Å². The Morgan fingerprint density at radius 3 is 2.17 bits per heavy atom. The van der Waals surface area contributed by atoms with E-state index < -0.39 is 77.0 Å². The zero-order valence-electron chi connectivity index (χ0n) is 44.1. The van der Waals surface area contributed by atoms with Gasteiger partial charge in [0.15, 0.2) is 5.58 Å². The van der Waals surface area contributed by atoms with E-state index in [4.69, 9.17) is 33.1 Å². The molecule has 71 heavy (non-hydrogen) atoms. The Balaban J connectivity index is 1.44. The van der Waals surface area contributed by atoms with E-state index in [9.17, 15) is 24.9 Å². The molecule has 1 fully saturated rings. The molecule has 0 aliphatic carbocycles. The first-order chi connectivity index (χ1) is 33.3. The van der Waals surface area contributed by atoms with Gasteiger partial charge in [-0.25, -0.2) is 4.98 Å². The van der Waals surface area contributed by atoms with Crippen LogP contribution in [-0.2, 0) is 30.3 Å². The number of carbonyl (C=O) groups is 3. The van der Waals surface area contributed by atoms with Crippen LogP contribution in [0.5, 0.6) is 17.2 Å². The molecule has 3 aromatic carbocycles. The third-order valence-corrected chi connectivity index (χ3v) is 14.8. The number of aromatic hydroxyl groups is 1. The Labute approximate surface area is 417 Å². The number of aryl methyl sites for hydroxylation is 3. The lowest BCUT2D eigenvalue weighted by Gasteiger charge is -2.38. The maximum atomic E-state index is 15.2. The van der Waals surface area contributed by atoms with E-state index in [1.165, 1.54) is 49.5 Å². The van der Waals surface area contributed by atoms with Gasteiger partial charge in [0.25, 0.3) is 5.78 Å². The van der Waals surface area contributed by atoms with Crippen molar-refractivity contribution in [2.75, 3.05) is 38.2 Å². The van der Waals surface area contributed by atoms with Crippen LogP contribution >= 0.6 is 0 Å². The Morgan fingerprint density at radius 2 is 1.56 bits per heavy atom. The molecule has 2 unspecified atom stereocenters. The van der Waals surface area contributed by atoms with Gasteiger partial charge in [0.1, 0.15) is 34.6 Å². The molecule has 1 saturated heterocycles. The average Bonchev–Trinajstić information content (AvgIpc) is 3.86. The second kappa shape index (κ2) is 20.4. The van der Waals surface area contributed by atoms with Gasteiger partial charge in [-0.15, -0.1) is 0 Å². The van der Waals surface area contributed by atoms with Crippen LogP contribution in [0.4, 0.5) is 5.69 Å². The first kappa shape index (κ1) is 53.1. The molecule has 0 spiro atoms. The zero-order valence-corrected chi connectivity index (χ0v) is 44.1. The lowest BCUT2D eigenvalue weighted by atomic mass is 9.78. The van der Waals surface area contributed by atoms with Crippen LogP contribution in [0.15, 0.2) is 47.1 Å². The van der Waals surface area contributed by atoms with Crippen molar-refractivity contribution < 1.29 is 57.8 Å². The van der Waals surface area contributed by atoms with Gasteiger partial charge in [-0.05, 0) is 78.2 Å². The number of oxazole rings is 1. The van der Waals surface area contributed by atoms with Crippen LogP contribution in [0.1, 0.15) is 113 Å². The van der Waals surface area contributed by atoms with Crippen molar-refractivity contribution >= 4 is 50.9 Å². The fourth-order valence-electron chi connectivity index (χ4n) is 10.4. The molecule has 15 nitrogen and oxygen atoms in total. The number of piperazine rings is 1. The van der Waals surface area contributed by atoms with Gasteiger partial charge in [0.05, 0.1) is 40.9 Å². The summed E-state index contributed by atoms with van der Waals surface area (Å²) in [6.45, 7) is 28.1. The molecule has 3 aliphatic rings. The number of esters is 2. The van der Waals surface area contributed by atoms with E-state index in [1.807, 2.05) is 26.8 Å². The highest BCUT2D eigenvalue weighted by molar-refractivity contribution is 6.26. The molecular formula is C56H73N3O12. The Morgan fingerprint density at radius 1 is 0.915 bits per heavy atom. The molecule has 9 atom stereocenters. The number of rotatable bonds is 6. The van der Waals surface area contributed by atoms with Crippen molar-refractivity contribution in [3.63, 3.8) is 0 Å². The highest BCUT2D eigenvalue weighted by Crippen LogP contribution is 2.55. The number of nitrogens with zero attached hydrogens (tertiary/aromatic N) is 3. The molecule has 3 aliphatic heterocycles. The van der Waals surface area contributed by atoms with Gasteiger partial charge in [0, 0.05) is 93.9 Å². The first-order valence-corrected chi connectivity index (χ1v) is 24.7. The number of ketones is 1. The minimum absolute atomic E-state index is 0.0103. The molecule has 7 rings (SSSR count). The monoisotopic (exact) mass is 980 g/mol. The number of hydrogen-bond donors (Lipinski definition) is 3. The van der Waals surface area contributed by atoms with Crippen molar-refractivity contribution in [1.29, 1.82) is 0 Å². The molecule has 0 amide bonds. The predicted molar refractivity (Wildman–Crippen MR) is 273 cm³/mol. The number of anilines is 1. The number of benzene rings is 3. The smallest absolute Gasteiger partial charge is 0.316 e. The van der Waals surface area contributed by atoms with Gasteiger partial charge in [-0.3, -0.25) is 19.3 Å². The van der Waals surface area contributed by atoms with Crippen LogP contribution in [0.25, 0.3) is 27.4 Å². The Hall–Kier alpha value is -5.74. The van der Waals surface area contributed by atoms with Crippen molar-refractivity contribution in [2.24, 2.45) is 29.1 Å². The number of ether oxygens (including phenoxy) is 5. The van der Waals surface area contributed by atoms with Gasteiger partial charge in [0.2, 0.25) is 5.89 Å². The highest BCUT2D eigenvalue weighted by Gasteiger charge is 2.50. The summed E-state index contributed by atoms with van der Waals surface area (Å²) in [5.41, 5.74) is 5.76. The van der Waals surface area contributed by atoms with Crippen LogP contribution in [-0.4, -0.2) is 106 Å². The van der Waals surface area contributed by atoms with Crippen molar-refractivity contribution in [2.45, 2.75) is 134 Å². The number of methoxy groups -OCH3 is 1. The zero-order chi connectivity index (χ0) is 52.2. The summed E-state index contributed by atoms with van der Waals surface area (Å²) in [7, 11) is 1.48. The van der Waals surface area contributed by atoms with E-state index in [0.29, 0.717) is 48.5 Å². The van der Waals surface area contributed by atoms with E-state index in [-0.39, 0.29) is 45.1 Å². The average molecular weight is 980 g/mol. The molecule has 3 N–H and O–H groups in total. The lowest BCUT2D eigenvalue weighted by Crippen LogP contribution is -2.46. The fraction of sp³-hybridized carbons (Fsp3) is 0.536. The summed E-state index contributed by atoms with van der Waals surface area (Å²) in [6.07, 6.45) is 4.52. The maximum absolute atomic E-state index is 15.2. The molecule has 1 aromatic heterocycles. The molecule has 15 heteroatoms. The number of carbonyl (C=O) groups excluding carboxylic acids is 3. The van der Waals surface area contributed by atoms with E-state index >= 15 is 4.79 Å². The maximum Gasteiger partial charge on any atom is 0.316 e. The van der Waals surface area contributed by atoms with E-state index in [1.54, 1.807) is 59.8 Å². The molecular weight excluding hydrogens is 907 g/mol. The Bertz CT molecular complexity index is 2790. The molecule has 384 valence electrons. The van der Waals surface area contributed by atoms with Crippen molar-refractivity contribution in [1.82, 2.24) is 9.88 Å². The standard InChI is InChI=1S/C56H73N3O12/c1-28-25-31(4)38(32(5)26-28)27-58-20-22-59(23-21-58)44-43-51-41-40(47(44)63)42-50(36(9)49(41)70-54(65)55(11,12)13)71-56(14,52(42)64)67-24-19-39(66-15)33(6)48(68-37(10)60)35(8)46(62)34(7)45(61)29(2)17-16-18-30(3)53(57-43)69-51/h16-19,24-26,29,33-35,39,45-46,48,61-63H,20-23,27H2,1-15H3/b17-16+,24-19+,30-18-/t29-,33+,34?,35+,39-,45?,46+,48+,56-/m0/s1. The van der Waals surface area contributed by atoms with Gasteiger partial charge in [-0.2, -0.15) is 0 Å². The molecule has 0 radical (unpaired) electrons. The number of phenolic OH excluding ortho intramolecular Hbond substituents is 1. The summed E-state index contributed by atoms with van der Waals surface area (Å²) < 4.78 is 37.6. The molecule has 6 bridgehead atoms. The molecule has 0 saturated carbocycles. The number of Topliss-reactive ketones (excluding diaryl/α,β-unsaturated/α-hetero) is 1. The summed E-state index contributed by atoms with van der Waals surface area (Å²) in [4.78, 5) is 51.1. The van der Waals surface area contributed by atoms with E-state index in [2.05, 4.69) is 42.7 Å². The third kappa shape index (κ3) is 10.2. The van der Waals surface area contributed by atoms with Gasteiger partial charge in [-0.1, -0.05) is 63.6 Å². The lowest BCUT2D eigenvalue weighted by molar-refractivity contribution is -0.160. The minimum atomic E-state index is -2.00.